The van der Waals surface area contributed by atoms with Gasteiger partial charge in [-0.2, -0.15) is 0 Å². The summed E-state index contributed by atoms with van der Waals surface area (Å²) in [6.45, 7) is 1.61. The van der Waals surface area contributed by atoms with Crippen molar-refractivity contribution >= 4 is 22.5 Å². The minimum absolute atomic E-state index is 0.0672. The lowest BCUT2D eigenvalue weighted by Gasteiger charge is -2.13. The monoisotopic (exact) mass is 280 g/mol. The molecule has 1 aromatic carbocycles. The maximum absolute atomic E-state index is 12.7. The maximum Gasteiger partial charge on any atom is 0.336 e. The van der Waals surface area contributed by atoms with Gasteiger partial charge in [-0.05, 0) is 18.6 Å². The van der Waals surface area contributed by atoms with E-state index in [1.165, 1.54) is 6.07 Å². The van der Waals surface area contributed by atoms with Crippen LogP contribution < -0.4 is 5.63 Å². The minimum Gasteiger partial charge on any atom is -0.452 e. The molecule has 102 valence electrons. The van der Waals surface area contributed by atoms with Crippen LogP contribution in [-0.4, -0.2) is 11.6 Å². The molecule has 0 aliphatic heterocycles. The van der Waals surface area contributed by atoms with Crippen LogP contribution in [0.2, 0.25) is 0 Å². The molecular weight excluding hydrogens is 272 g/mol. The Bertz CT molecular complexity index is 1000. The van der Waals surface area contributed by atoms with Gasteiger partial charge >= 0.3 is 5.63 Å². The summed E-state index contributed by atoms with van der Waals surface area (Å²) in [5.74, 6) is -1.23. The average molecular weight is 280 g/mol. The zero-order chi connectivity index (χ0) is 14.7. The van der Waals surface area contributed by atoms with Crippen LogP contribution in [0.1, 0.15) is 37.8 Å². The molecule has 2 aromatic heterocycles. The third-order valence-electron chi connectivity index (χ3n) is 3.62. The quantitative estimate of drug-likeness (QED) is 0.494. The highest BCUT2D eigenvalue weighted by molar-refractivity contribution is 6.30. The number of carbonyl (C=O) groups excluding carboxylic acids is 2. The number of para-hydroxylation sites is 1. The van der Waals surface area contributed by atoms with Crippen LogP contribution in [-0.2, 0) is 0 Å². The first-order valence-electron chi connectivity index (χ1n) is 6.33. The smallest absolute Gasteiger partial charge is 0.336 e. The van der Waals surface area contributed by atoms with Crippen LogP contribution in [0.4, 0.5) is 0 Å². The molecule has 5 nitrogen and oxygen atoms in total. The Balaban J connectivity index is 2.15. The van der Waals surface area contributed by atoms with Crippen molar-refractivity contribution in [2.45, 2.75) is 6.92 Å². The number of aryl methyl sites for hydroxylation is 1. The molecule has 0 saturated heterocycles. The van der Waals surface area contributed by atoms with Crippen LogP contribution in [0.3, 0.4) is 0 Å². The number of carbonyl (C=O) groups is 2. The molecule has 0 saturated carbocycles. The summed E-state index contributed by atoms with van der Waals surface area (Å²) in [7, 11) is 0. The van der Waals surface area contributed by atoms with Gasteiger partial charge in [0.1, 0.15) is 5.58 Å². The highest BCUT2D eigenvalue weighted by atomic mass is 16.4. The van der Waals surface area contributed by atoms with Gasteiger partial charge in [-0.25, -0.2) is 4.79 Å². The van der Waals surface area contributed by atoms with E-state index >= 15 is 0 Å². The number of ketones is 2. The lowest BCUT2D eigenvalue weighted by Crippen LogP contribution is -2.23. The zero-order valence-electron chi connectivity index (χ0n) is 10.9. The molecule has 0 fully saturated rings. The summed E-state index contributed by atoms with van der Waals surface area (Å²) in [4.78, 5) is 36.6. The fourth-order valence-corrected chi connectivity index (χ4v) is 2.71. The van der Waals surface area contributed by atoms with Gasteiger partial charge in [-0.3, -0.25) is 9.59 Å². The molecule has 3 aromatic rings. The van der Waals surface area contributed by atoms with E-state index in [1.54, 1.807) is 31.2 Å². The van der Waals surface area contributed by atoms with E-state index in [2.05, 4.69) is 0 Å². The van der Waals surface area contributed by atoms with Crippen molar-refractivity contribution in [1.82, 2.24) is 0 Å². The summed E-state index contributed by atoms with van der Waals surface area (Å²) >= 11 is 0. The Hall–Kier alpha value is -2.95. The van der Waals surface area contributed by atoms with E-state index in [0.29, 0.717) is 16.5 Å². The van der Waals surface area contributed by atoms with Gasteiger partial charge in [0.25, 0.3) is 5.78 Å². The number of hydrogen-bond donors (Lipinski definition) is 0. The van der Waals surface area contributed by atoms with Gasteiger partial charge in [0.05, 0.1) is 11.1 Å². The standard InChI is InChI=1S/C16H8O5/c1-7-6-10(17)21-15-11(7)13(18)12-8-4-2-3-5-9(8)20-16(12)14(15)19/h2-6H,1H3. The summed E-state index contributed by atoms with van der Waals surface area (Å²) in [5, 5.41) is 0.585. The number of fused-ring (bicyclic) bond motifs is 4. The van der Waals surface area contributed by atoms with Crippen LogP contribution >= 0.6 is 0 Å². The van der Waals surface area contributed by atoms with Crippen molar-refractivity contribution < 1.29 is 18.4 Å². The van der Waals surface area contributed by atoms with Gasteiger partial charge in [0, 0.05) is 11.5 Å². The van der Waals surface area contributed by atoms with Gasteiger partial charge in [-0.15, -0.1) is 0 Å². The first-order valence-corrected chi connectivity index (χ1v) is 6.33. The third kappa shape index (κ3) is 1.43. The van der Waals surface area contributed by atoms with E-state index in [0.717, 1.165) is 0 Å². The molecule has 0 amide bonds. The van der Waals surface area contributed by atoms with Crippen LogP contribution in [0, 0.1) is 6.92 Å². The van der Waals surface area contributed by atoms with E-state index in [-0.39, 0.29) is 28.4 Å². The second kappa shape index (κ2) is 3.79. The molecule has 0 radical (unpaired) electrons. The van der Waals surface area contributed by atoms with E-state index in [9.17, 15) is 14.4 Å². The van der Waals surface area contributed by atoms with Gasteiger partial charge in [-0.1, -0.05) is 18.2 Å². The van der Waals surface area contributed by atoms with Crippen molar-refractivity contribution in [3.05, 3.63) is 69.0 Å². The molecule has 2 heterocycles. The average Bonchev–Trinajstić information content (AvgIpc) is 2.83. The second-order valence-corrected chi connectivity index (χ2v) is 4.91. The molecule has 5 heteroatoms. The second-order valence-electron chi connectivity index (χ2n) is 4.91. The van der Waals surface area contributed by atoms with Crippen molar-refractivity contribution in [1.29, 1.82) is 0 Å². The first kappa shape index (κ1) is 11.8. The molecule has 0 bridgehead atoms. The minimum atomic E-state index is -0.660. The van der Waals surface area contributed by atoms with Gasteiger partial charge < -0.3 is 8.83 Å². The van der Waals surface area contributed by atoms with Gasteiger partial charge in [0.15, 0.2) is 11.5 Å². The fraction of sp³-hybridized carbons (Fsp3) is 0.0625. The third-order valence-corrected chi connectivity index (χ3v) is 3.62. The summed E-state index contributed by atoms with van der Waals surface area (Å²) in [5.41, 5.74) is 0.596. The fourth-order valence-electron chi connectivity index (χ4n) is 2.71. The summed E-state index contributed by atoms with van der Waals surface area (Å²) < 4.78 is 10.4. The Morgan fingerprint density at radius 2 is 1.57 bits per heavy atom. The van der Waals surface area contributed by atoms with Crippen molar-refractivity contribution in [2.75, 3.05) is 0 Å². The SMILES string of the molecule is Cc1cc(=O)oc2c1C(=O)c1c(oc3ccccc13)C2=O. The molecule has 4 rings (SSSR count). The number of hydrogen-bond acceptors (Lipinski definition) is 5. The van der Waals surface area contributed by atoms with Crippen LogP contribution in [0.5, 0.6) is 0 Å². The van der Waals surface area contributed by atoms with Crippen LogP contribution in [0.15, 0.2) is 44.0 Å². The lowest BCUT2D eigenvalue weighted by atomic mass is 9.89. The topological polar surface area (TPSA) is 77.5 Å². The Kier molecular flexibility index (Phi) is 2.14. The number of furan rings is 1. The molecule has 1 aliphatic rings. The highest BCUT2D eigenvalue weighted by Crippen LogP contribution is 2.35. The van der Waals surface area contributed by atoms with E-state index in [1.807, 2.05) is 0 Å². The molecule has 1 aliphatic carbocycles. The maximum atomic E-state index is 12.7. The number of rotatable bonds is 0. The first-order chi connectivity index (χ1) is 10.1. The molecule has 0 atom stereocenters. The summed E-state index contributed by atoms with van der Waals surface area (Å²) in [6.07, 6.45) is 0. The molecule has 0 N–H and O–H groups in total. The van der Waals surface area contributed by atoms with Crippen LogP contribution in [0.25, 0.3) is 11.0 Å². The van der Waals surface area contributed by atoms with E-state index in [4.69, 9.17) is 8.83 Å². The van der Waals surface area contributed by atoms with Gasteiger partial charge in [0.2, 0.25) is 5.78 Å². The molecule has 0 spiro atoms. The predicted molar refractivity (Wildman–Crippen MR) is 72.8 cm³/mol. The van der Waals surface area contributed by atoms with Crippen molar-refractivity contribution in [3.8, 4) is 0 Å². The highest BCUT2D eigenvalue weighted by Gasteiger charge is 2.38. The Labute approximate surface area is 117 Å². The largest absolute Gasteiger partial charge is 0.452 e. The lowest BCUT2D eigenvalue weighted by molar-refractivity contribution is 0.0933. The molecular formula is C16H8O5. The molecule has 21 heavy (non-hydrogen) atoms. The van der Waals surface area contributed by atoms with Crippen molar-refractivity contribution in [2.24, 2.45) is 0 Å². The van der Waals surface area contributed by atoms with E-state index < -0.39 is 11.4 Å². The summed E-state index contributed by atoms with van der Waals surface area (Å²) in [6, 6.07) is 8.13. The zero-order valence-corrected chi connectivity index (χ0v) is 10.9. The predicted octanol–water partition coefficient (Wildman–Crippen LogP) is 2.47. The molecule has 0 unspecified atom stereocenters. The number of benzene rings is 1. The Morgan fingerprint density at radius 1 is 0.857 bits per heavy atom. The van der Waals surface area contributed by atoms with Crippen molar-refractivity contribution in [3.63, 3.8) is 0 Å². The Morgan fingerprint density at radius 3 is 2.38 bits per heavy atom. The normalized spacial score (nSPS) is 13.4.